The van der Waals surface area contributed by atoms with E-state index in [1.165, 1.54) is 24.5 Å². The van der Waals surface area contributed by atoms with Crippen LogP contribution in [0.2, 0.25) is 0 Å². The van der Waals surface area contributed by atoms with Crippen LogP contribution in [0.4, 0.5) is 5.95 Å². The number of hydrogen-bond acceptors (Lipinski definition) is 5. The van der Waals surface area contributed by atoms with Crippen LogP contribution in [0.25, 0.3) is 0 Å². The topological polar surface area (TPSA) is 117 Å². The van der Waals surface area contributed by atoms with Crippen LogP contribution in [0.5, 0.6) is 0 Å². The number of carbonyl (C=O) groups excluding carboxylic acids is 1. The number of H-pyrrole nitrogens is 1. The van der Waals surface area contributed by atoms with Crippen molar-refractivity contribution >= 4 is 37.8 Å². The minimum Gasteiger partial charge on any atom is -0.291 e. The lowest BCUT2D eigenvalue weighted by molar-refractivity contribution is 0.102. The van der Waals surface area contributed by atoms with E-state index in [2.05, 4.69) is 41.2 Å². The zero-order chi connectivity index (χ0) is 17.3. The van der Waals surface area contributed by atoms with Gasteiger partial charge in [0.05, 0.1) is 10.5 Å². The van der Waals surface area contributed by atoms with E-state index in [1.807, 2.05) is 0 Å². The minimum absolute atomic E-state index is 0.00153. The molecule has 124 valence electrons. The Hall–Kier alpha value is -1.78. The van der Waals surface area contributed by atoms with Gasteiger partial charge in [-0.15, -0.1) is 0 Å². The van der Waals surface area contributed by atoms with Gasteiger partial charge in [0.2, 0.25) is 16.0 Å². The van der Waals surface area contributed by atoms with Crippen molar-refractivity contribution in [3.05, 3.63) is 34.6 Å². The number of aromatic nitrogens is 3. The third-order valence-corrected chi connectivity index (χ3v) is 5.03. The lowest BCUT2D eigenvalue weighted by Crippen LogP contribution is -2.40. The van der Waals surface area contributed by atoms with Crippen LogP contribution < -0.4 is 10.0 Å². The van der Waals surface area contributed by atoms with E-state index in [0.717, 1.165) is 0 Å². The Morgan fingerprint density at radius 3 is 2.57 bits per heavy atom. The number of aromatic amines is 1. The molecule has 1 heterocycles. The molecule has 3 N–H and O–H groups in total. The number of carbonyl (C=O) groups is 1. The second-order valence-electron chi connectivity index (χ2n) is 5.79. The molecule has 1 aromatic carbocycles. The molecule has 2 aromatic rings. The third-order valence-electron chi connectivity index (χ3n) is 2.58. The van der Waals surface area contributed by atoms with Gasteiger partial charge in [-0.2, -0.15) is 10.1 Å². The number of halogens is 1. The first-order valence-electron chi connectivity index (χ1n) is 6.59. The highest BCUT2D eigenvalue weighted by molar-refractivity contribution is 9.10. The van der Waals surface area contributed by atoms with Crippen LogP contribution in [-0.4, -0.2) is 35.0 Å². The summed E-state index contributed by atoms with van der Waals surface area (Å²) in [6, 6.07) is 4.22. The Morgan fingerprint density at radius 1 is 1.30 bits per heavy atom. The molecular formula is C13H16BrN5O3S. The fourth-order valence-corrected chi connectivity index (χ4v) is 3.62. The number of sulfonamides is 1. The second-order valence-corrected chi connectivity index (χ2v) is 8.32. The van der Waals surface area contributed by atoms with Crippen molar-refractivity contribution in [2.24, 2.45) is 0 Å². The quantitative estimate of drug-likeness (QED) is 0.722. The summed E-state index contributed by atoms with van der Waals surface area (Å²) in [6.07, 6.45) is 1.25. The van der Waals surface area contributed by atoms with Crippen molar-refractivity contribution in [3.8, 4) is 0 Å². The SMILES string of the molecule is CC(C)(C)NS(=O)(=O)c1ccc(Br)c(C(=O)Nc2ncn[nH]2)c1. The van der Waals surface area contributed by atoms with Crippen molar-refractivity contribution in [1.29, 1.82) is 0 Å². The monoisotopic (exact) mass is 401 g/mol. The van der Waals surface area contributed by atoms with Crippen LogP contribution in [0, 0.1) is 0 Å². The van der Waals surface area contributed by atoms with Crippen LogP contribution in [0.3, 0.4) is 0 Å². The molecule has 8 nitrogen and oxygen atoms in total. The first-order valence-corrected chi connectivity index (χ1v) is 8.86. The fraction of sp³-hybridized carbons (Fsp3) is 0.308. The average Bonchev–Trinajstić information content (AvgIpc) is 2.88. The molecule has 0 bridgehead atoms. The standard InChI is InChI=1S/C13H16BrN5O3S/c1-13(2,3)19-23(21,22)8-4-5-10(14)9(6-8)11(20)17-12-15-7-16-18-12/h4-7,19H,1-3H3,(H2,15,16,17,18,20). The number of benzene rings is 1. The summed E-state index contributed by atoms with van der Waals surface area (Å²) in [5.74, 6) is -0.343. The second kappa shape index (κ2) is 6.38. The average molecular weight is 402 g/mol. The van der Waals surface area contributed by atoms with Gasteiger partial charge in [-0.1, -0.05) is 0 Å². The number of rotatable bonds is 4. The van der Waals surface area contributed by atoms with E-state index in [0.29, 0.717) is 4.47 Å². The Labute approximate surface area is 142 Å². The largest absolute Gasteiger partial charge is 0.291 e. The van der Waals surface area contributed by atoms with Gasteiger partial charge in [-0.25, -0.2) is 18.2 Å². The van der Waals surface area contributed by atoms with E-state index >= 15 is 0 Å². The zero-order valence-electron chi connectivity index (χ0n) is 12.7. The lowest BCUT2D eigenvalue weighted by Gasteiger charge is -2.20. The summed E-state index contributed by atoms with van der Waals surface area (Å²) in [6.45, 7) is 5.21. The molecule has 0 unspecified atom stereocenters. The van der Waals surface area contributed by atoms with Gasteiger partial charge in [0, 0.05) is 10.0 Å². The summed E-state index contributed by atoms with van der Waals surface area (Å²) in [7, 11) is -3.74. The molecule has 0 aliphatic heterocycles. The van der Waals surface area contributed by atoms with Crippen LogP contribution in [-0.2, 0) is 10.0 Å². The summed E-state index contributed by atoms with van der Waals surface area (Å²) in [5, 5.41) is 8.61. The van der Waals surface area contributed by atoms with Gasteiger partial charge in [-0.05, 0) is 54.9 Å². The number of nitrogens with one attached hydrogen (secondary N) is 3. The molecule has 0 atom stereocenters. The van der Waals surface area contributed by atoms with E-state index in [9.17, 15) is 13.2 Å². The van der Waals surface area contributed by atoms with Crippen LogP contribution in [0.15, 0.2) is 33.9 Å². The Bertz CT molecular complexity index is 813. The predicted octanol–water partition coefficient (Wildman–Crippen LogP) is 1.90. The maximum atomic E-state index is 12.4. The van der Waals surface area contributed by atoms with Crippen LogP contribution in [0.1, 0.15) is 31.1 Å². The maximum Gasteiger partial charge on any atom is 0.259 e. The molecule has 0 saturated carbocycles. The van der Waals surface area contributed by atoms with E-state index in [1.54, 1.807) is 20.8 Å². The molecule has 1 amide bonds. The number of hydrogen-bond donors (Lipinski definition) is 3. The first-order chi connectivity index (χ1) is 10.6. The Morgan fingerprint density at radius 2 is 2.00 bits per heavy atom. The van der Waals surface area contributed by atoms with Crippen LogP contribution >= 0.6 is 15.9 Å². The Kier molecular flexibility index (Phi) is 4.87. The van der Waals surface area contributed by atoms with E-state index in [-0.39, 0.29) is 16.4 Å². The van der Waals surface area contributed by atoms with Gasteiger partial charge in [0.15, 0.2) is 0 Å². The molecule has 0 aliphatic carbocycles. The summed E-state index contributed by atoms with van der Waals surface area (Å²) < 4.78 is 27.7. The highest BCUT2D eigenvalue weighted by Gasteiger charge is 2.24. The predicted molar refractivity (Wildman–Crippen MR) is 88.6 cm³/mol. The molecular weight excluding hydrogens is 386 g/mol. The normalized spacial score (nSPS) is 12.2. The summed E-state index contributed by atoms with van der Waals surface area (Å²) in [4.78, 5) is 16.0. The molecule has 1 aromatic heterocycles. The minimum atomic E-state index is -3.74. The van der Waals surface area contributed by atoms with E-state index < -0.39 is 21.5 Å². The van der Waals surface area contributed by atoms with Crippen molar-refractivity contribution < 1.29 is 13.2 Å². The van der Waals surface area contributed by atoms with Crippen molar-refractivity contribution in [1.82, 2.24) is 19.9 Å². The Balaban J connectivity index is 2.34. The summed E-state index contributed by atoms with van der Waals surface area (Å²) in [5.41, 5.74) is -0.466. The van der Waals surface area contributed by atoms with Crippen molar-refractivity contribution in [2.45, 2.75) is 31.2 Å². The lowest BCUT2D eigenvalue weighted by atomic mass is 10.1. The summed E-state index contributed by atoms with van der Waals surface area (Å²) >= 11 is 3.24. The van der Waals surface area contributed by atoms with Crippen molar-refractivity contribution in [3.63, 3.8) is 0 Å². The molecule has 0 spiro atoms. The zero-order valence-corrected chi connectivity index (χ0v) is 15.1. The molecule has 0 saturated heterocycles. The first kappa shape index (κ1) is 17.6. The third kappa shape index (κ3) is 4.60. The molecule has 23 heavy (non-hydrogen) atoms. The molecule has 10 heteroatoms. The number of amides is 1. The van der Waals surface area contributed by atoms with Gasteiger partial charge >= 0.3 is 0 Å². The fourth-order valence-electron chi connectivity index (χ4n) is 1.75. The van der Waals surface area contributed by atoms with Gasteiger partial charge < -0.3 is 0 Å². The maximum absolute atomic E-state index is 12.4. The molecule has 0 aliphatic rings. The number of nitrogens with zero attached hydrogens (tertiary/aromatic N) is 2. The molecule has 0 radical (unpaired) electrons. The van der Waals surface area contributed by atoms with E-state index in [4.69, 9.17) is 0 Å². The smallest absolute Gasteiger partial charge is 0.259 e. The molecule has 0 fully saturated rings. The van der Waals surface area contributed by atoms with Crippen molar-refractivity contribution in [2.75, 3.05) is 5.32 Å². The highest BCUT2D eigenvalue weighted by atomic mass is 79.9. The highest BCUT2D eigenvalue weighted by Crippen LogP contribution is 2.22. The van der Waals surface area contributed by atoms with Gasteiger partial charge in [-0.3, -0.25) is 10.1 Å². The number of anilines is 1. The van der Waals surface area contributed by atoms with Gasteiger partial charge in [0.1, 0.15) is 6.33 Å². The van der Waals surface area contributed by atoms with Gasteiger partial charge in [0.25, 0.3) is 5.91 Å². The molecule has 2 rings (SSSR count).